The van der Waals surface area contributed by atoms with E-state index < -0.39 is 0 Å². The molecule has 1 aromatic carbocycles. The van der Waals surface area contributed by atoms with Crippen molar-refractivity contribution in [2.24, 2.45) is 5.41 Å². The van der Waals surface area contributed by atoms with E-state index in [4.69, 9.17) is 10.00 Å². The number of benzene rings is 1. The molecule has 21 heavy (non-hydrogen) atoms. The molecule has 116 valence electrons. The lowest BCUT2D eigenvalue weighted by molar-refractivity contribution is 0.292. The second kappa shape index (κ2) is 8.69. The third-order valence-electron chi connectivity index (χ3n) is 3.54. The van der Waals surface area contributed by atoms with Gasteiger partial charge in [-0.05, 0) is 52.6 Å². The Morgan fingerprint density at radius 1 is 1.29 bits per heavy atom. The van der Waals surface area contributed by atoms with Gasteiger partial charge in [-0.25, -0.2) is 0 Å². The summed E-state index contributed by atoms with van der Waals surface area (Å²) in [5, 5.41) is 12.3. The molecule has 0 saturated carbocycles. The van der Waals surface area contributed by atoms with E-state index in [1.165, 1.54) is 11.1 Å². The molecule has 0 fully saturated rings. The van der Waals surface area contributed by atoms with E-state index >= 15 is 0 Å². The molecule has 0 spiro atoms. The largest absolute Gasteiger partial charge is 0.493 e. The zero-order valence-electron chi connectivity index (χ0n) is 13.8. The molecule has 0 radical (unpaired) electrons. The first kappa shape index (κ1) is 17.5. The summed E-state index contributed by atoms with van der Waals surface area (Å²) in [5.74, 6) is 0.973. The lowest BCUT2D eigenvalue weighted by Gasteiger charge is -2.15. The van der Waals surface area contributed by atoms with Crippen LogP contribution in [-0.4, -0.2) is 13.2 Å². The molecule has 3 nitrogen and oxygen atoms in total. The highest BCUT2D eigenvalue weighted by molar-refractivity contribution is 5.36. The topological polar surface area (TPSA) is 45.0 Å². The van der Waals surface area contributed by atoms with Crippen molar-refractivity contribution in [1.82, 2.24) is 5.32 Å². The van der Waals surface area contributed by atoms with Crippen molar-refractivity contribution in [3.63, 3.8) is 0 Å². The van der Waals surface area contributed by atoms with E-state index in [9.17, 15) is 0 Å². The SMILES string of the molecule is CCNCc1cc(C)ccc1OCCCCC(C)(C)C#N. The van der Waals surface area contributed by atoms with Crippen molar-refractivity contribution < 1.29 is 4.74 Å². The number of ether oxygens (including phenoxy) is 1. The van der Waals surface area contributed by atoms with Gasteiger partial charge in [0, 0.05) is 12.1 Å². The molecule has 1 aromatic rings. The van der Waals surface area contributed by atoms with Crippen LogP contribution in [0.1, 0.15) is 51.2 Å². The average molecular weight is 288 g/mol. The minimum Gasteiger partial charge on any atom is -0.493 e. The van der Waals surface area contributed by atoms with Crippen LogP contribution in [0.2, 0.25) is 0 Å². The molecule has 0 saturated heterocycles. The van der Waals surface area contributed by atoms with Gasteiger partial charge in [-0.15, -0.1) is 0 Å². The summed E-state index contributed by atoms with van der Waals surface area (Å²) >= 11 is 0. The van der Waals surface area contributed by atoms with Gasteiger partial charge in [0.15, 0.2) is 0 Å². The quantitative estimate of drug-likeness (QED) is 0.692. The first-order valence-corrected chi connectivity index (χ1v) is 7.83. The van der Waals surface area contributed by atoms with Crippen LogP contribution < -0.4 is 10.1 Å². The fraction of sp³-hybridized carbons (Fsp3) is 0.611. The van der Waals surface area contributed by atoms with Crippen LogP contribution in [0.3, 0.4) is 0 Å². The second-order valence-corrected chi connectivity index (χ2v) is 6.19. The fourth-order valence-corrected chi connectivity index (χ4v) is 2.15. The van der Waals surface area contributed by atoms with Crippen molar-refractivity contribution in [3.8, 4) is 11.8 Å². The van der Waals surface area contributed by atoms with E-state index in [2.05, 4.69) is 43.4 Å². The van der Waals surface area contributed by atoms with Crippen LogP contribution in [0, 0.1) is 23.7 Å². The predicted octanol–water partition coefficient (Wildman–Crippen LogP) is 4.20. The van der Waals surface area contributed by atoms with Crippen molar-refractivity contribution in [2.75, 3.05) is 13.2 Å². The van der Waals surface area contributed by atoms with Gasteiger partial charge < -0.3 is 10.1 Å². The van der Waals surface area contributed by atoms with Crippen LogP contribution in [0.4, 0.5) is 0 Å². The smallest absolute Gasteiger partial charge is 0.123 e. The molecule has 1 N–H and O–H groups in total. The molecular weight excluding hydrogens is 260 g/mol. The highest BCUT2D eigenvalue weighted by Crippen LogP contribution is 2.23. The molecule has 0 aromatic heterocycles. The zero-order chi connectivity index (χ0) is 15.7. The highest BCUT2D eigenvalue weighted by Gasteiger charge is 2.15. The highest BCUT2D eigenvalue weighted by atomic mass is 16.5. The molecule has 0 aliphatic carbocycles. The monoisotopic (exact) mass is 288 g/mol. The molecule has 0 aliphatic rings. The maximum Gasteiger partial charge on any atom is 0.123 e. The Labute approximate surface area is 129 Å². The van der Waals surface area contributed by atoms with Crippen LogP contribution in [0.5, 0.6) is 5.75 Å². The van der Waals surface area contributed by atoms with Crippen LogP contribution >= 0.6 is 0 Å². The van der Waals surface area contributed by atoms with Gasteiger partial charge in [0.1, 0.15) is 5.75 Å². The normalized spacial score (nSPS) is 11.2. The van der Waals surface area contributed by atoms with Crippen LogP contribution in [0.25, 0.3) is 0 Å². The van der Waals surface area contributed by atoms with Crippen molar-refractivity contribution in [1.29, 1.82) is 5.26 Å². The summed E-state index contributed by atoms with van der Waals surface area (Å²) < 4.78 is 5.91. The Bertz CT molecular complexity index is 475. The molecule has 0 atom stereocenters. The van der Waals surface area contributed by atoms with Gasteiger partial charge in [0.05, 0.1) is 18.1 Å². The standard InChI is InChI=1S/C18H28N2O/c1-5-20-13-16-12-15(2)8-9-17(16)21-11-7-6-10-18(3,4)14-19/h8-9,12,20H,5-7,10-11,13H2,1-4H3. The Kier molecular flexibility index (Phi) is 7.25. The van der Waals surface area contributed by atoms with Gasteiger partial charge >= 0.3 is 0 Å². The van der Waals surface area contributed by atoms with E-state index in [0.717, 1.165) is 38.1 Å². The molecule has 0 aliphatic heterocycles. The van der Waals surface area contributed by atoms with E-state index in [1.807, 2.05) is 13.8 Å². The van der Waals surface area contributed by atoms with Gasteiger partial charge in [-0.1, -0.05) is 24.6 Å². The summed E-state index contributed by atoms with van der Waals surface area (Å²) in [6.45, 7) is 10.7. The maximum atomic E-state index is 8.99. The Morgan fingerprint density at radius 3 is 2.71 bits per heavy atom. The fourth-order valence-electron chi connectivity index (χ4n) is 2.15. The predicted molar refractivity (Wildman–Crippen MR) is 87.3 cm³/mol. The van der Waals surface area contributed by atoms with Crippen molar-refractivity contribution in [3.05, 3.63) is 29.3 Å². The van der Waals surface area contributed by atoms with Gasteiger partial charge in [0.2, 0.25) is 0 Å². The summed E-state index contributed by atoms with van der Waals surface area (Å²) in [7, 11) is 0. The summed E-state index contributed by atoms with van der Waals surface area (Å²) in [5.41, 5.74) is 2.25. The number of nitriles is 1. The van der Waals surface area contributed by atoms with Crippen molar-refractivity contribution in [2.45, 2.75) is 53.5 Å². The Morgan fingerprint density at radius 2 is 2.05 bits per heavy atom. The molecule has 1 rings (SSSR count). The van der Waals surface area contributed by atoms with Gasteiger partial charge in [0.25, 0.3) is 0 Å². The number of nitrogens with zero attached hydrogens (tertiary/aromatic N) is 1. The molecule has 0 amide bonds. The number of hydrogen-bond acceptors (Lipinski definition) is 3. The molecule has 0 unspecified atom stereocenters. The lowest BCUT2D eigenvalue weighted by Crippen LogP contribution is -2.13. The molecular formula is C18H28N2O. The minimum absolute atomic E-state index is 0.222. The number of aryl methyl sites for hydroxylation is 1. The molecule has 0 bridgehead atoms. The summed E-state index contributed by atoms with van der Waals surface area (Å²) in [4.78, 5) is 0. The van der Waals surface area contributed by atoms with Gasteiger partial charge in [-0.2, -0.15) is 5.26 Å². The number of nitrogens with one attached hydrogen (secondary N) is 1. The van der Waals surface area contributed by atoms with E-state index in [0.29, 0.717) is 6.61 Å². The first-order valence-electron chi connectivity index (χ1n) is 7.83. The molecule has 0 heterocycles. The van der Waals surface area contributed by atoms with Gasteiger partial charge in [-0.3, -0.25) is 0 Å². The van der Waals surface area contributed by atoms with E-state index in [1.54, 1.807) is 0 Å². The lowest BCUT2D eigenvalue weighted by atomic mass is 9.89. The zero-order valence-corrected chi connectivity index (χ0v) is 13.8. The molecule has 3 heteroatoms. The first-order chi connectivity index (χ1) is 9.98. The number of hydrogen-bond donors (Lipinski definition) is 1. The van der Waals surface area contributed by atoms with Crippen molar-refractivity contribution >= 4 is 0 Å². The number of rotatable bonds is 9. The third-order valence-corrected chi connectivity index (χ3v) is 3.54. The third kappa shape index (κ3) is 6.64. The maximum absolute atomic E-state index is 8.99. The summed E-state index contributed by atoms with van der Waals surface area (Å²) in [6.07, 6.45) is 2.93. The van der Waals surface area contributed by atoms with E-state index in [-0.39, 0.29) is 5.41 Å². The van der Waals surface area contributed by atoms with Crippen LogP contribution in [0.15, 0.2) is 18.2 Å². The average Bonchev–Trinajstić information content (AvgIpc) is 2.46. The van der Waals surface area contributed by atoms with Crippen LogP contribution in [-0.2, 0) is 6.54 Å². The summed E-state index contributed by atoms with van der Waals surface area (Å²) in [6, 6.07) is 8.66. The Hall–Kier alpha value is -1.53. The second-order valence-electron chi connectivity index (χ2n) is 6.19. The number of unbranched alkanes of at least 4 members (excludes halogenated alkanes) is 1. The minimum atomic E-state index is -0.222. The Balaban J connectivity index is 2.43.